The van der Waals surface area contributed by atoms with Gasteiger partial charge in [0.15, 0.2) is 0 Å². The maximum Gasteiger partial charge on any atom is 0.140 e. The van der Waals surface area contributed by atoms with Gasteiger partial charge in [0, 0.05) is 17.4 Å². The Balaban J connectivity index is 2.33. The number of halogens is 1. The van der Waals surface area contributed by atoms with E-state index in [1.807, 2.05) is 24.3 Å². The van der Waals surface area contributed by atoms with Gasteiger partial charge in [-0.05, 0) is 18.1 Å². The van der Waals surface area contributed by atoms with Crippen molar-refractivity contribution in [1.82, 2.24) is 0 Å². The van der Waals surface area contributed by atoms with Gasteiger partial charge in [-0.1, -0.05) is 29.8 Å². The lowest BCUT2D eigenvalue weighted by atomic mass is 9.79. The average Bonchev–Trinajstić information content (AvgIpc) is 2.06. The summed E-state index contributed by atoms with van der Waals surface area (Å²) >= 11 is 5.94. The summed E-state index contributed by atoms with van der Waals surface area (Å²) in [6.07, 6.45) is 1.68. The summed E-state index contributed by atoms with van der Waals surface area (Å²) in [6.45, 7) is 0. The molecule has 62 valence electrons. The second-order valence-electron chi connectivity index (χ2n) is 3.08. The fourth-order valence-corrected chi connectivity index (χ4v) is 1.76. The third-order valence-electron chi connectivity index (χ3n) is 2.35. The molecule has 1 aromatic carbocycles. The molecule has 1 saturated carbocycles. The lowest BCUT2D eigenvalue weighted by Crippen LogP contribution is -2.23. The normalized spacial score (nSPS) is 22.1. The molecule has 1 nitrogen and oxygen atoms in total. The maximum absolute atomic E-state index is 11.1. The number of carbonyl (C=O) groups excluding carboxylic acids is 1. The summed E-state index contributed by atoms with van der Waals surface area (Å²) in [5.41, 5.74) is 0.996. The molecule has 1 aliphatic carbocycles. The molecule has 2 rings (SSSR count). The van der Waals surface area contributed by atoms with Gasteiger partial charge in [-0.25, -0.2) is 0 Å². The summed E-state index contributed by atoms with van der Waals surface area (Å²) in [7, 11) is 0. The highest BCUT2D eigenvalue weighted by Gasteiger charge is 2.30. The van der Waals surface area contributed by atoms with E-state index in [9.17, 15) is 4.79 Å². The van der Waals surface area contributed by atoms with Gasteiger partial charge in [0.05, 0.1) is 0 Å². The molecule has 1 aliphatic rings. The predicted octanol–water partition coefficient (Wildman–Crippen LogP) is 2.79. The van der Waals surface area contributed by atoms with Crippen molar-refractivity contribution < 1.29 is 4.79 Å². The van der Waals surface area contributed by atoms with Crippen molar-refractivity contribution in [2.24, 2.45) is 0 Å². The van der Waals surface area contributed by atoms with E-state index in [0.717, 1.165) is 23.4 Å². The lowest BCUT2D eigenvalue weighted by molar-refractivity contribution is -0.125. The van der Waals surface area contributed by atoms with E-state index in [4.69, 9.17) is 11.6 Å². The van der Waals surface area contributed by atoms with Crippen LogP contribution in [-0.4, -0.2) is 5.78 Å². The van der Waals surface area contributed by atoms with Crippen LogP contribution in [0.3, 0.4) is 0 Å². The first-order chi connectivity index (χ1) is 5.79. The van der Waals surface area contributed by atoms with Crippen LogP contribution in [0.2, 0.25) is 5.02 Å². The van der Waals surface area contributed by atoms with Crippen molar-refractivity contribution in [3.8, 4) is 0 Å². The first kappa shape index (κ1) is 7.81. The number of Topliss-reactive ketones (excluding diaryl/α,β-unsaturated/α-hetero) is 1. The second kappa shape index (κ2) is 2.91. The number of ketones is 1. The Morgan fingerprint density at radius 2 is 2.08 bits per heavy atom. The van der Waals surface area contributed by atoms with Crippen molar-refractivity contribution in [2.75, 3.05) is 0 Å². The predicted molar refractivity (Wildman–Crippen MR) is 48.4 cm³/mol. The molecule has 1 unspecified atom stereocenters. The molecule has 0 saturated heterocycles. The lowest BCUT2D eigenvalue weighted by Gasteiger charge is -2.24. The van der Waals surface area contributed by atoms with Crippen LogP contribution in [0.4, 0.5) is 0 Å². The zero-order chi connectivity index (χ0) is 8.55. The zero-order valence-corrected chi connectivity index (χ0v) is 7.34. The summed E-state index contributed by atoms with van der Waals surface area (Å²) in [4.78, 5) is 11.1. The topological polar surface area (TPSA) is 17.1 Å². The number of rotatable bonds is 1. The largest absolute Gasteiger partial charge is 0.299 e. The van der Waals surface area contributed by atoms with Crippen LogP contribution in [0.15, 0.2) is 24.3 Å². The van der Waals surface area contributed by atoms with Crippen LogP contribution in [0.25, 0.3) is 0 Å². The van der Waals surface area contributed by atoms with Crippen molar-refractivity contribution in [1.29, 1.82) is 0 Å². The number of carbonyl (C=O) groups is 1. The summed E-state index contributed by atoms with van der Waals surface area (Å²) < 4.78 is 0. The molecule has 1 fully saturated rings. The minimum atomic E-state index is 0.0821. The zero-order valence-electron chi connectivity index (χ0n) is 6.59. The number of benzene rings is 1. The second-order valence-corrected chi connectivity index (χ2v) is 3.49. The summed E-state index contributed by atoms with van der Waals surface area (Å²) in [5, 5.41) is 0.718. The quantitative estimate of drug-likeness (QED) is 0.650. The smallest absolute Gasteiger partial charge is 0.140 e. The first-order valence-corrected chi connectivity index (χ1v) is 4.44. The summed E-state index contributed by atoms with van der Waals surface area (Å²) in [5.74, 6) is 0.404. The average molecular weight is 181 g/mol. The molecular formula is C10H9ClO. The van der Waals surface area contributed by atoms with E-state index in [2.05, 4.69) is 0 Å². The van der Waals surface area contributed by atoms with E-state index in [0.29, 0.717) is 5.78 Å². The molecule has 0 spiro atoms. The van der Waals surface area contributed by atoms with E-state index in [1.165, 1.54) is 0 Å². The van der Waals surface area contributed by atoms with Crippen molar-refractivity contribution in [2.45, 2.75) is 18.8 Å². The molecule has 0 amide bonds. The van der Waals surface area contributed by atoms with E-state index < -0.39 is 0 Å². The third kappa shape index (κ3) is 1.14. The number of hydrogen-bond donors (Lipinski definition) is 0. The molecule has 0 radical (unpaired) electrons. The van der Waals surface area contributed by atoms with Crippen molar-refractivity contribution in [3.63, 3.8) is 0 Å². The highest BCUT2D eigenvalue weighted by molar-refractivity contribution is 6.31. The highest BCUT2D eigenvalue weighted by Crippen LogP contribution is 2.36. The minimum Gasteiger partial charge on any atom is -0.299 e. The molecular weight excluding hydrogens is 172 g/mol. The van der Waals surface area contributed by atoms with Crippen LogP contribution in [0.1, 0.15) is 24.3 Å². The molecule has 0 heterocycles. The van der Waals surface area contributed by atoms with Gasteiger partial charge in [0.2, 0.25) is 0 Å². The van der Waals surface area contributed by atoms with Crippen LogP contribution in [-0.2, 0) is 4.79 Å². The van der Waals surface area contributed by atoms with Gasteiger partial charge in [0.25, 0.3) is 0 Å². The Labute approximate surface area is 76.4 Å². The van der Waals surface area contributed by atoms with Crippen molar-refractivity contribution in [3.05, 3.63) is 34.9 Å². The van der Waals surface area contributed by atoms with Crippen molar-refractivity contribution >= 4 is 17.4 Å². The van der Waals surface area contributed by atoms with Crippen LogP contribution in [0, 0.1) is 0 Å². The standard InChI is InChI=1S/C10H9ClO/c11-9-4-2-1-3-7(9)8-5-6-10(8)12/h1-4,8H,5-6H2. The fraction of sp³-hybridized carbons (Fsp3) is 0.300. The van der Waals surface area contributed by atoms with Crippen LogP contribution in [0.5, 0.6) is 0 Å². The third-order valence-corrected chi connectivity index (χ3v) is 2.69. The Morgan fingerprint density at radius 3 is 2.58 bits per heavy atom. The molecule has 1 atom stereocenters. The Hall–Kier alpha value is -0.820. The SMILES string of the molecule is O=C1CCC1c1ccccc1Cl. The van der Waals surface area contributed by atoms with Gasteiger partial charge in [-0.3, -0.25) is 4.79 Å². The van der Waals surface area contributed by atoms with E-state index >= 15 is 0 Å². The first-order valence-electron chi connectivity index (χ1n) is 4.06. The molecule has 0 aromatic heterocycles. The minimum absolute atomic E-state index is 0.0821. The van der Waals surface area contributed by atoms with E-state index in [1.54, 1.807) is 0 Å². The maximum atomic E-state index is 11.1. The molecule has 1 aromatic rings. The van der Waals surface area contributed by atoms with Gasteiger partial charge in [-0.2, -0.15) is 0 Å². The van der Waals surface area contributed by atoms with E-state index in [-0.39, 0.29) is 5.92 Å². The van der Waals surface area contributed by atoms with Gasteiger partial charge in [-0.15, -0.1) is 0 Å². The van der Waals surface area contributed by atoms with Gasteiger partial charge >= 0.3 is 0 Å². The molecule has 0 N–H and O–H groups in total. The molecule has 0 bridgehead atoms. The van der Waals surface area contributed by atoms with Crippen LogP contribution >= 0.6 is 11.6 Å². The molecule has 0 aliphatic heterocycles. The monoisotopic (exact) mass is 180 g/mol. The Kier molecular flexibility index (Phi) is 1.89. The molecule has 2 heteroatoms. The Bertz CT molecular complexity index is 319. The van der Waals surface area contributed by atoms with Crippen LogP contribution < -0.4 is 0 Å². The highest BCUT2D eigenvalue weighted by atomic mass is 35.5. The summed E-state index contributed by atoms with van der Waals surface area (Å²) in [6, 6.07) is 7.58. The fourth-order valence-electron chi connectivity index (χ4n) is 1.49. The number of hydrogen-bond acceptors (Lipinski definition) is 1. The van der Waals surface area contributed by atoms with Gasteiger partial charge < -0.3 is 0 Å². The molecule has 12 heavy (non-hydrogen) atoms. The Morgan fingerprint density at radius 1 is 1.33 bits per heavy atom. The van der Waals surface area contributed by atoms with Gasteiger partial charge in [0.1, 0.15) is 5.78 Å².